The van der Waals surface area contributed by atoms with Crippen LogP contribution in [0.1, 0.15) is 55.4 Å². The number of thiophene rings is 1. The number of likely N-dealkylation sites (tertiary alicyclic amines) is 1. The van der Waals surface area contributed by atoms with Crippen LogP contribution in [-0.4, -0.2) is 35.6 Å². The fourth-order valence-electron chi connectivity index (χ4n) is 3.79. The Morgan fingerprint density at radius 2 is 2.24 bits per heavy atom. The average Bonchev–Trinajstić information content (AvgIpc) is 3.03. The lowest BCUT2D eigenvalue weighted by Crippen LogP contribution is -2.46. The molecular weight excluding hydrogens is 282 g/mol. The van der Waals surface area contributed by atoms with Crippen molar-refractivity contribution in [2.24, 2.45) is 5.41 Å². The summed E-state index contributed by atoms with van der Waals surface area (Å²) >= 11 is 1.80. The number of aliphatic hydroxyl groups is 1. The second-order valence-corrected chi connectivity index (χ2v) is 7.58. The Hall–Kier alpha value is -0.870. The number of carbonyl (C=O) groups excluding carboxylic acids is 1. The van der Waals surface area contributed by atoms with Gasteiger partial charge in [-0.2, -0.15) is 0 Å². The normalized spacial score (nSPS) is 24.7. The highest BCUT2D eigenvalue weighted by Gasteiger charge is 2.37. The van der Waals surface area contributed by atoms with Crippen molar-refractivity contribution in [3.05, 3.63) is 21.9 Å². The smallest absolute Gasteiger partial charge is 0.230 e. The molecule has 1 atom stereocenters. The summed E-state index contributed by atoms with van der Waals surface area (Å²) in [7, 11) is 0. The van der Waals surface area contributed by atoms with Crippen molar-refractivity contribution < 1.29 is 9.90 Å². The number of rotatable bonds is 3. The first-order chi connectivity index (χ1) is 10.2. The van der Waals surface area contributed by atoms with Gasteiger partial charge in [-0.05, 0) is 60.9 Å². The highest BCUT2D eigenvalue weighted by Crippen LogP contribution is 2.39. The molecule has 0 spiro atoms. The molecule has 0 saturated carbocycles. The van der Waals surface area contributed by atoms with Crippen molar-refractivity contribution in [2.75, 3.05) is 19.7 Å². The summed E-state index contributed by atoms with van der Waals surface area (Å²) in [5, 5.41) is 11.7. The maximum absolute atomic E-state index is 12.9. The van der Waals surface area contributed by atoms with Crippen LogP contribution in [0.15, 0.2) is 11.4 Å². The van der Waals surface area contributed by atoms with Gasteiger partial charge in [0.2, 0.25) is 5.91 Å². The molecule has 1 aromatic heterocycles. The standard InChI is InChI=1S/C17H25NO2S/c1-2-17(12-19)7-9-18(10-8-17)16(20)14-4-3-5-15-13(14)6-11-21-15/h6,11,14,19H,2-5,7-10,12H2,1H3. The van der Waals surface area contributed by atoms with Crippen LogP contribution in [-0.2, 0) is 11.2 Å². The van der Waals surface area contributed by atoms with E-state index in [4.69, 9.17) is 0 Å². The number of aliphatic hydroxyl groups excluding tert-OH is 1. The largest absolute Gasteiger partial charge is 0.396 e. The number of amides is 1. The van der Waals surface area contributed by atoms with E-state index in [0.717, 1.165) is 51.6 Å². The molecular formula is C17H25NO2S. The number of fused-ring (bicyclic) bond motifs is 1. The molecule has 0 bridgehead atoms. The lowest BCUT2D eigenvalue weighted by Gasteiger charge is -2.41. The summed E-state index contributed by atoms with van der Waals surface area (Å²) < 4.78 is 0. The van der Waals surface area contributed by atoms with Gasteiger partial charge < -0.3 is 10.0 Å². The average molecular weight is 307 g/mol. The molecule has 1 fully saturated rings. The summed E-state index contributed by atoms with van der Waals surface area (Å²) in [6, 6.07) is 2.15. The van der Waals surface area contributed by atoms with E-state index in [1.807, 2.05) is 4.90 Å². The van der Waals surface area contributed by atoms with Crippen molar-refractivity contribution in [2.45, 2.75) is 51.4 Å². The van der Waals surface area contributed by atoms with E-state index in [1.54, 1.807) is 11.3 Å². The number of aryl methyl sites for hydroxylation is 1. The van der Waals surface area contributed by atoms with Crippen LogP contribution in [0.4, 0.5) is 0 Å². The maximum Gasteiger partial charge on any atom is 0.230 e. The second kappa shape index (κ2) is 6.09. The molecule has 0 radical (unpaired) electrons. The van der Waals surface area contributed by atoms with Gasteiger partial charge in [0.1, 0.15) is 0 Å². The molecule has 1 N–H and O–H groups in total. The van der Waals surface area contributed by atoms with Crippen LogP contribution < -0.4 is 0 Å². The predicted molar refractivity (Wildman–Crippen MR) is 85.6 cm³/mol. The molecule has 0 aromatic carbocycles. The first-order valence-corrected chi connectivity index (χ1v) is 9.03. The van der Waals surface area contributed by atoms with Gasteiger partial charge in [-0.15, -0.1) is 11.3 Å². The summed E-state index contributed by atoms with van der Waals surface area (Å²) in [5.41, 5.74) is 1.34. The van der Waals surface area contributed by atoms with E-state index in [9.17, 15) is 9.90 Å². The minimum atomic E-state index is 0.0525. The van der Waals surface area contributed by atoms with Crippen molar-refractivity contribution >= 4 is 17.2 Å². The SMILES string of the molecule is CCC1(CO)CCN(C(=O)C2CCCc3sccc32)CC1. The van der Waals surface area contributed by atoms with Gasteiger partial charge in [0, 0.05) is 24.6 Å². The highest BCUT2D eigenvalue weighted by molar-refractivity contribution is 7.10. The zero-order chi connectivity index (χ0) is 14.9. The first-order valence-electron chi connectivity index (χ1n) is 8.15. The van der Waals surface area contributed by atoms with Crippen LogP contribution in [0.3, 0.4) is 0 Å². The van der Waals surface area contributed by atoms with E-state index in [0.29, 0.717) is 5.91 Å². The maximum atomic E-state index is 12.9. The molecule has 1 aliphatic carbocycles. The third kappa shape index (κ3) is 2.76. The van der Waals surface area contributed by atoms with Crippen molar-refractivity contribution in [3.8, 4) is 0 Å². The lowest BCUT2D eigenvalue weighted by molar-refractivity contribution is -0.136. The van der Waals surface area contributed by atoms with Gasteiger partial charge in [0.15, 0.2) is 0 Å². The molecule has 1 aromatic rings. The van der Waals surface area contributed by atoms with Crippen LogP contribution >= 0.6 is 11.3 Å². The number of carbonyl (C=O) groups is 1. The summed E-state index contributed by atoms with van der Waals surface area (Å²) in [5.74, 6) is 0.403. The number of piperidine rings is 1. The van der Waals surface area contributed by atoms with E-state index in [2.05, 4.69) is 18.4 Å². The van der Waals surface area contributed by atoms with E-state index in [-0.39, 0.29) is 17.9 Å². The van der Waals surface area contributed by atoms with Crippen molar-refractivity contribution in [3.63, 3.8) is 0 Å². The first kappa shape index (κ1) is 15.0. The quantitative estimate of drug-likeness (QED) is 0.931. The number of hydrogen-bond acceptors (Lipinski definition) is 3. The zero-order valence-electron chi connectivity index (χ0n) is 12.8. The number of nitrogens with zero attached hydrogens (tertiary/aromatic N) is 1. The topological polar surface area (TPSA) is 40.5 Å². The Labute approximate surface area is 131 Å². The molecule has 3 nitrogen and oxygen atoms in total. The summed E-state index contributed by atoms with van der Waals surface area (Å²) in [6.07, 6.45) is 6.15. The summed E-state index contributed by atoms with van der Waals surface area (Å²) in [6.45, 7) is 4.02. The van der Waals surface area contributed by atoms with E-state index in [1.165, 1.54) is 10.4 Å². The molecule has 1 unspecified atom stereocenters. The van der Waals surface area contributed by atoms with Crippen LogP contribution in [0.2, 0.25) is 0 Å². The van der Waals surface area contributed by atoms with Gasteiger partial charge in [-0.1, -0.05) is 6.92 Å². The van der Waals surface area contributed by atoms with Gasteiger partial charge in [0.25, 0.3) is 0 Å². The molecule has 21 heavy (non-hydrogen) atoms. The van der Waals surface area contributed by atoms with Gasteiger partial charge in [0.05, 0.1) is 5.92 Å². The highest BCUT2D eigenvalue weighted by atomic mass is 32.1. The molecule has 2 aliphatic rings. The number of hydrogen-bond donors (Lipinski definition) is 1. The minimum absolute atomic E-state index is 0.0525. The third-order valence-electron chi connectivity index (χ3n) is 5.57. The van der Waals surface area contributed by atoms with E-state index >= 15 is 0 Å². The Morgan fingerprint density at radius 3 is 2.90 bits per heavy atom. The third-order valence-corrected chi connectivity index (χ3v) is 6.57. The summed E-state index contributed by atoms with van der Waals surface area (Å²) in [4.78, 5) is 16.3. The molecule has 116 valence electrons. The minimum Gasteiger partial charge on any atom is -0.396 e. The van der Waals surface area contributed by atoms with Crippen LogP contribution in [0, 0.1) is 5.41 Å². The van der Waals surface area contributed by atoms with Crippen LogP contribution in [0.25, 0.3) is 0 Å². The molecule has 4 heteroatoms. The molecule has 1 saturated heterocycles. The Balaban J connectivity index is 1.68. The molecule has 1 aliphatic heterocycles. The van der Waals surface area contributed by atoms with Gasteiger partial charge in [-0.25, -0.2) is 0 Å². The fourth-order valence-corrected chi connectivity index (χ4v) is 4.78. The van der Waals surface area contributed by atoms with Crippen LogP contribution in [0.5, 0.6) is 0 Å². The predicted octanol–water partition coefficient (Wildman–Crippen LogP) is 3.18. The van der Waals surface area contributed by atoms with Crippen molar-refractivity contribution in [1.82, 2.24) is 4.90 Å². The molecule has 2 heterocycles. The fraction of sp³-hybridized carbons (Fsp3) is 0.706. The lowest BCUT2D eigenvalue weighted by atomic mass is 9.76. The zero-order valence-corrected chi connectivity index (χ0v) is 13.6. The van der Waals surface area contributed by atoms with Gasteiger partial charge >= 0.3 is 0 Å². The van der Waals surface area contributed by atoms with Gasteiger partial charge in [-0.3, -0.25) is 4.79 Å². The van der Waals surface area contributed by atoms with E-state index < -0.39 is 0 Å². The molecule has 3 rings (SSSR count). The second-order valence-electron chi connectivity index (χ2n) is 6.58. The monoisotopic (exact) mass is 307 g/mol. The Bertz CT molecular complexity index is 497. The van der Waals surface area contributed by atoms with Crippen molar-refractivity contribution in [1.29, 1.82) is 0 Å². The Morgan fingerprint density at radius 1 is 1.48 bits per heavy atom. The molecule has 1 amide bonds. The Kier molecular flexibility index (Phi) is 4.36.